The fraction of sp³-hybridized carbons (Fsp3) is 0.533. The number of benzene rings is 2. The number of likely N-dealkylation sites (tertiary alicyclic amines) is 1. The second kappa shape index (κ2) is 8.52. The number of hydrogen-bond acceptors (Lipinski definition) is 5. The monoisotopic (exact) mass is 584 g/mol. The Morgan fingerprint density at radius 1 is 1.12 bits per heavy atom. The molecule has 7 nitrogen and oxygen atoms in total. The molecule has 0 radical (unpaired) electrons. The molecule has 10 heteroatoms. The molecule has 1 saturated heterocycles. The molecule has 1 spiro atoms. The molecule has 1 amide bonds. The van der Waals surface area contributed by atoms with Crippen molar-refractivity contribution in [2.24, 2.45) is 10.4 Å². The fourth-order valence-electron chi connectivity index (χ4n) is 7.75. The van der Waals surface area contributed by atoms with Crippen LogP contribution in [0.4, 0.5) is 4.39 Å². The zero-order chi connectivity index (χ0) is 28.1. The average molecular weight is 585 g/mol. The molecule has 212 valence electrons. The van der Waals surface area contributed by atoms with E-state index in [1.807, 2.05) is 13.8 Å². The van der Waals surface area contributed by atoms with E-state index in [-0.39, 0.29) is 33.3 Å². The van der Waals surface area contributed by atoms with Gasteiger partial charge in [-0.15, -0.1) is 0 Å². The van der Waals surface area contributed by atoms with E-state index in [4.69, 9.17) is 16.6 Å². The normalized spacial score (nSPS) is 31.0. The predicted octanol–water partition coefficient (Wildman–Crippen LogP) is 4.90. The zero-order valence-corrected chi connectivity index (χ0v) is 24.4. The summed E-state index contributed by atoms with van der Waals surface area (Å²) >= 11 is 5.89. The number of halogens is 2. The minimum atomic E-state index is -3.86. The lowest BCUT2D eigenvalue weighted by molar-refractivity contribution is -0.158. The Labute approximate surface area is 239 Å². The van der Waals surface area contributed by atoms with Crippen LogP contribution in [0.5, 0.6) is 0 Å². The van der Waals surface area contributed by atoms with Crippen LogP contribution in [0.2, 0.25) is 5.02 Å². The number of carbonyl (C=O) groups excluding carboxylic acids is 1. The topological polar surface area (TPSA) is 82.1 Å². The summed E-state index contributed by atoms with van der Waals surface area (Å²) in [5.74, 6) is 0.368. The number of carbonyl (C=O) groups is 1. The molecule has 2 aromatic carbocycles. The van der Waals surface area contributed by atoms with Crippen LogP contribution in [0.1, 0.15) is 64.4 Å². The van der Waals surface area contributed by atoms with Crippen molar-refractivity contribution < 1.29 is 17.6 Å². The van der Waals surface area contributed by atoms with Gasteiger partial charge >= 0.3 is 0 Å². The molecule has 6 aliphatic rings. The highest BCUT2D eigenvalue weighted by Crippen LogP contribution is 2.71. The van der Waals surface area contributed by atoms with E-state index < -0.39 is 33.0 Å². The lowest BCUT2D eigenvalue weighted by Gasteiger charge is -2.73. The van der Waals surface area contributed by atoms with E-state index in [1.165, 1.54) is 18.6 Å². The van der Waals surface area contributed by atoms with Crippen molar-refractivity contribution >= 4 is 33.4 Å². The summed E-state index contributed by atoms with van der Waals surface area (Å²) in [6, 6.07) is 12.4. The highest BCUT2D eigenvalue weighted by molar-refractivity contribution is 7.89. The first-order chi connectivity index (χ1) is 18.9. The van der Waals surface area contributed by atoms with E-state index >= 15 is 0 Å². The highest BCUT2D eigenvalue weighted by atomic mass is 35.5. The number of amidine groups is 1. The number of amides is 1. The molecule has 4 saturated carbocycles. The number of nitrogens with zero attached hydrogens (tertiary/aromatic N) is 3. The summed E-state index contributed by atoms with van der Waals surface area (Å²) in [7, 11) is -3.86. The standard InChI is InChI=1S/C30H34ClFN4O3S/c1-27(2)24(25(37)35-14-13-29(35)11-6-12-29)33-26(34-27)28-17-30(18-28,19-28)36(16-20-9-10-22(31)23(32)15-20)40(38,39)21-7-4-3-5-8-21/h3-5,7-10,15,24H,6,11-14,16-19H2,1-2H3,(H,33,34)/t24-,28?,30?/m0/s1. The summed E-state index contributed by atoms with van der Waals surface area (Å²) in [5.41, 5.74) is -0.756. The lowest BCUT2D eigenvalue weighted by Crippen LogP contribution is -2.78. The van der Waals surface area contributed by atoms with E-state index in [0.29, 0.717) is 24.8 Å². The lowest BCUT2D eigenvalue weighted by atomic mass is 9.38. The van der Waals surface area contributed by atoms with Gasteiger partial charge in [0.15, 0.2) is 6.04 Å². The van der Waals surface area contributed by atoms with Crippen molar-refractivity contribution in [3.05, 3.63) is 64.9 Å². The zero-order valence-electron chi connectivity index (χ0n) is 22.8. The summed E-state index contributed by atoms with van der Waals surface area (Å²) in [6.45, 7) is 4.91. The summed E-state index contributed by atoms with van der Waals surface area (Å²) in [6.07, 6.45) is 6.28. The van der Waals surface area contributed by atoms with Crippen molar-refractivity contribution in [2.45, 2.75) is 92.9 Å². The average Bonchev–Trinajstić information content (AvgIpc) is 3.12. The first-order valence-corrected chi connectivity index (χ1v) is 15.9. The van der Waals surface area contributed by atoms with Crippen molar-refractivity contribution in [2.75, 3.05) is 6.54 Å². The summed E-state index contributed by atoms with van der Waals surface area (Å²) in [5, 5.41) is 3.57. The Bertz CT molecular complexity index is 1510. The van der Waals surface area contributed by atoms with Gasteiger partial charge in [0.05, 0.1) is 15.5 Å². The van der Waals surface area contributed by atoms with Crippen LogP contribution in [0.25, 0.3) is 0 Å². The number of aliphatic imine (C=N–C) groups is 1. The third-order valence-corrected chi connectivity index (χ3v) is 12.5. The number of rotatable bonds is 7. The molecular weight excluding hydrogens is 551 g/mol. The first-order valence-electron chi connectivity index (χ1n) is 14.1. The van der Waals surface area contributed by atoms with Crippen molar-refractivity contribution in [1.82, 2.24) is 14.5 Å². The molecule has 2 heterocycles. The summed E-state index contributed by atoms with van der Waals surface area (Å²) < 4.78 is 43.7. The molecule has 40 heavy (non-hydrogen) atoms. The van der Waals surface area contributed by atoms with Gasteiger partial charge in [-0.25, -0.2) is 12.8 Å². The Balaban J connectivity index is 1.15. The van der Waals surface area contributed by atoms with Crippen molar-refractivity contribution in [3.8, 4) is 0 Å². The Kier molecular flexibility index (Phi) is 5.63. The van der Waals surface area contributed by atoms with Gasteiger partial charge in [0.25, 0.3) is 0 Å². The molecule has 8 rings (SSSR count). The van der Waals surface area contributed by atoms with E-state index in [1.54, 1.807) is 40.7 Å². The van der Waals surface area contributed by atoms with Crippen LogP contribution in [-0.2, 0) is 21.4 Å². The van der Waals surface area contributed by atoms with Gasteiger partial charge in [-0.3, -0.25) is 9.79 Å². The second-order valence-electron chi connectivity index (χ2n) is 13.2. The van der Waals surface area contributed by atoms with Gasteiger partial charge in [-0.2, -0.15) is 4.31 Å². The van der Waals surface area contributed by atoms with Crippen molar-refractivity contribution in [3.63, 3.8) is 0 Å². The van der Waals surface area contributed by atoms with Crippen LogP contribution in [0, 0.1) is 11.2 Å². The Morgan fingerprint density at radius 3 is 2.40 bits per heavy atom. The Morgan fingerprint density at radius 2 is 1.82 bits per heavy atom. The third kappa shape index (κ3) is 3.66. The fourth-order valence-corrected chi connectivity index (χ4v) is 9.64. The predicted molar refractivity (Wildman–Crippen MR) is 151 cm³/mol. The highest BCUT2D eigenvalue weighted by Gasteiger charge is 2.75. The van der Waals surface area contributed by atoms with Crippen LogP contribution < -0.4 is 5.32 Å². The smallest absolute Gasteiger partial charge is 0.250 e. The maximum absolute atomic E-state index is 14.3. The van der Waals surface area contributed by atoms with Crippen molar-refractivity contribution in [1.29, 1.82) is 0 Å². The van der Waals surface area contributed by atoms with Crippen LogP contribution in [0.15, 0.2) is 58.4 Å². The van der Waals surface area contributed by atoms with Gasteiger partial charge in [-0.05, 0) is 88.6 Å². The van der Waals surface area contributed by atoms with Gasteiger partial charge in [-0.1, -0.05) is 35.9 Å². The third-order valence-electron chi connectivity index (χ3n) is 10.2. The quantitative estimate of drug-likeness (QED) is 0.502. The van der Waals surface area contributed by atoms with E-state index in [9.17, 15) is 17.6 Å². The molecule has 2 aromatic rings. The van der Waals surface area contributed by atoms with Crippen LogP contribution >= 0.6 is 11.6 Å². The van der Waals surface area contributed by atoms with Gasteiger partial charge in [0, 0.05) is 29.6 Å². The maximum atomic E-state index is 14.3. The molecule has 0 unspecified atom stereocenters. The minimum Gasteiger partial charge on any atom is -0.366 e. The van der Waals surface area contributed by atoms with Gasteiger partial charge < -0.3 is 10.2 Å². The molecular formula is C30H34ClFN4O3S. The molecule has 2 aliphatic heterocycles. The number of sulfonamides is 1. The molecule has 1 N–H and O–H groups in total. The SMILES string of the molecule is CC1(C)NC(C23CC(N(Cc4ccc(Cl)c(F)c4)S(=O)(=O)c4ccccc4)(C2)C3)=N[C@H]1C(=O)N1CCC12CCC2. The molecule has 4 aliphatic carbocycles. The van der Waals surface area contributed by atoms with Crippen LogP contribution in [-0.4, -0.2) is 58.6 Å². The molecule has 5 fully saturated rings. The van der Waals surface area contributed by atoms with E-state index in [2.05, 4.69) is 10.2 Å². The van der Waals surface area contributed by atoms with Gasteiger partial charge in [0.1, 0.15) is 11.7 Å². The van der Waals surface area contributed by atoms with Gasteiger partial charge in [0.2, 0.25) is 15.9 Å². The first kappa shape index (κ1) is 26.4. The largest absolute Gasteiger partial charge is 0.366 e. The Hall–Kier alpha value is -2.49. The molecule has 0 aromatic heterocycles. The van der Waals surface area contributed by atoms with E-state index in [0.717, 1.165) is 31.6 Å². The minimum absolute atomic E-state index is 0.00387. The molecule has 2 bridgehead atoms. The number of hydrogen-bond donors (Lipinski definition) is 1. The second-order valence-corrected chi connectivity index (χ2v) is 15.4. The maximum Gasteiger partial charge on any atom is 0.250 e. The van der Waals surface area contributed by atoms with Crippen LogP contribution in [0.3, 0.4) is 0 Å². The molecule has 1 atom stereocenters. The number of nitrogens with one attached hydrogen (secondary N) is 1. The summed E-state index contributed by atoms with van der Waals surface area (Å²) in [4.78, 5) is 20.9.